The van der Waals surface area contributed by atoms with Crippen LogP contribution in [0.3, 0.4) is 0 Å². The number of aromatic nitrogens is 2. The van der Waals surface area contributed by atoms with Gasteiger partial charge < -0.3 is 0 Å². The fourth-order valence-electron chi connectivity index (χ4n) is 2.19. The molecule has 0 atom stereocenters. The first kappa shape index (κ1) is 11.2. The van der Waals surface area contributed by atoms with Gasteiger partial charge in [-0.3, -0.25) is 0 Å². The second kappa shape index (κ2) is 3.62. The molecule has 2 nitrogen and oxygen atoms in total. The molecule has 0 N–H and O–H groups in total. The van der Waals surface area contributed by atoms with Crippen molar-refractivity contribution in [3.05, 3.63) is 35.7 Å². The third kappa shape index (κ3) is 1.73. The zero-order chi connectivity index (χ0) is 11.9. The predicted octanol–water partition coefficient (Wildman–Crippen LogP) is 3.76. The van der Waals surface area contributed by atoms with E-state index in [9.17, 15) is 0 Å². The highest BCUT2D eigenvalue weighted by Crippen LogP contribution is 2.32. The Morgan fingerprint density at radius 1 is 1.25 bits per heavy atom. The van der Waals surface area contributed by atoms with E-state index >= 15 is 0 Å². The van der Waals surface area contributed by atoms with Crippen LogP contribution in [0, 0.1) is 0 Å². The zero-order valence-electron chi connectivity index (χ0n) is 10.8. The molecule has 0 bridgehead atoms. The molecule has 0 unspecified atom stereocenters. The molecule has 0 aliphatic heterocycles. The van der Waals surface area contributed by atoms with E-state index in [0.717, 1.165) is 0 Å². The molecule has 2 heteroatoms. The molecular weight excluding hydrogens is 196 g/mol. The lowest BCUT2D eigenvalue weighted by Crippen LogP contribution is -2.14. The van der Waals surface area contributed by atoms with E-state index in [0.29, 0.717) is 5.92 Å². The lowest BCUT2D eigenvalue weighted by Gasteiger charge is -2.21. The topological polar surface area (TPSA) is 17.3 Å². The Morgan fingerprint density at radius 2 is 1.94 bits per heavy atom. The van der Waals surface area contributed by atoms with Gasteiger partial charge in [0.05, 0.1) is 5.52 Å². The molecule has 0 aliphatic carbocycles. The van der Waals surface area contributed by atoms with Gasteiger partial charge in [0.1, 0.15) is 0 Å². The number of hydrogen-bond acceptors (Lipinski definition) is 1. The van der Waals surface area contributed by atoms with Gasteiger partial charge in [-0.1, -0.05) is 34.6 Å². The molecule has 0 spiro atoms. The van der Waals surface area contributed by atoms with Crippen molar-refractivity contribution >= 4 is 5.52 Å². The molecule has 0 saturated carbocycles. The van der Waals surface area contributed by atoms with E-state index in [1.165, 1.54) is 16.8 Å². The molecule has 2 rings (SSSR count). The van der Waals surface area contributed by atoms with Gasteiger partial charge in [-0.25, -0.2) is 4.52 Å². The summed E-state index contributed by atoms with van der Waals surface area (Å²) in [6.07, 6.45) is 1.85. The van der Waals surface area contributed by atoms with Crippen molar-refractivity contribution in [3.63, 3.8) is 0 Å². The standard InChI is InChI=1S/C14H20N2/c1-10(2)13-12(14(3,4)5)9-11-7-6-8-15-16(11)13/h6-10H,1-5H3. The fourth-order valence-corrected chi connectivity index (χ4v) is 2.19. The minimum Gasteiger partial charge on any atom is -0.237 e. The van der Waals surface area contributed by atoms with Gasteiger partial charge in [-0.2, -0.15) is 5.10 Å². The molecule has 2 aromatic rings. The molecule has 0 saturated heterocycles. The summed E-state index contributed by atoms with van der Waals surface area (Å²) in [6.45, 7) is 11.2. The van der Waals surface area contributed by atoms with Crippen LogP contribution < -0.4 is 0 Å². The molecule has 0 radical (unpaired) electrons. The first-order valence-electron chi connectivity index (χ1n) is 5.88. The molecule has 16 heavy (non-hydrogen) atoms. The van der Waals surface area contributed by atoms with Crippen LogP contribution in [0.1, 0.15) is 51.8 Å². The van der Waals surface area contributed by atoms with E-state index in [2.05, 4.69) is 56.4 Å². The third-order valence-electron chi connectivity index (χ3n) is 2.93. The molecular formula is C14H20N2. The van der Waals surface area contributed by atoms with E-state index in [4.69, 9.17) is 0 Å². The Labute approximate surface area is 97.3 Å². The van der Waals surface area contributed by atoms with E-state index in [-0.39, 0.29) is 5.41 Å². The van der Waals surface area contributed by atoms with Gasteiger partial charge in [0.2, 0.25) is 0 Å². The Morgan fingerprint density at radius 3 is 2.50 bits per heavy atom. The van der Waals surface area contributed by atoms with E-state index in [1.807, 2.05) is 12.3 Å². The second-order valence-corrected chi connectivity index (χ2v) is 5.71. The maximum Gasteiger partial charge on any atom is 0.0653 e. The van der Waals surface area contributed by atoms with E-state index < -0.39 is 0 Å². The Hall–Kier alpha value is -1.31. The Kier molecular flexibility index (Phi) is 2.53. The first-order valence-corrected chi connectivity index (χ1v) is 5.88. The van der Waals surface area contributed by atoms with Crippen LogP contribution in [0.25, 0.3) is 5.52 Å². The molecule has 86 valence electrons. The summed E-state index contributed by atoms with van der Waals surface area (Å²) in [5.74, 6) is 0.492. The highest BCUT2D eigenvalue weighted by Gasteiger charge is 2.23. The summed E-state index contributed by atoms with van der Waals surface area (Å²) in [5.41, 5.74) is 4.10. The van der Waals surface area contributed by atoms with Crippen molar-refractivity contribution in [1.82, 2.24) is 9.61 Å². The predicted molar refractivity (Wildman–Crippen MR) is 68.0 cm³/mol. The summed E-state index contributed by atoms with van der Waals surface area (Å²) in [6, 6.07) is 6.38. The molecule has 0 aromatic carbocycles. The van der Waals surface area contributed by atoms with Gasteiger partial charge >= 0.3 is 0 Å². The normalized spacial score (nSPS) is 12.6. The number of fused-ring (bicyclic) bond motifs is 1. The van der Waals surface area contributed by atoms with Crippen molar-refractivity contribution in [2.45, 2.75) is 46.0 Å². The third-order valence-corrected chi connectivity index (χ3v) is 2.93. The van der Waals surface area contributed by atoms with Gasteiger partial charge in [0, 0.05) is 11.9 Å². The molecule has 0 amide bonds. The average molecular weight is 216 g/mol. The van der Waals surface area contributed by atoms with Gasteiger partial charge in [0.25, 0.3) is 0 Å². The number of rotatable bonds is 1. The van der Waals surface area contributed by atoms with Crippen molar-refractivity contribution < 1.29 is 0 Å². The van der Waals surface area contributed by atoms with Crippen molar-refractivity contribution in [2.75, 3.05) is 0 Å². The maximum atomic E-state index is 4.45. The summed E-state index contributed by atoms with van der Waals surface area (Å²) in [7, 11) is 0. The van der Waals surface area contributed by atoms with Crippen molar-refractivity contribution in [3.8, 4) is 0 Å². The second-order valence-electron chi connectivity index (χ2n) is 5.71. The average Bonchev–Trinajstić information content (AvgIpc) is 2.55. The Bertz CT molecular complexity index is 501. The number of nitrogens with zero attached hydrogens (tertiary/aromatic N) is 2. The van der Waals surface area contributed by atoms with Crippen LogP contribution in [0.5, 0.6) is 0 Å². The quantitative estimate of drug-likeness (QED) is 0.709. The molecule has 2 heterocycles. The van der Waals surface area contributed by atoms with Crippen LogP contribution in [-0.4, -0.2) is 9.61 Å². The zero-order valence-corrected chi connectivity index (χ0v) is 10.8. The van der Waals surface area contributed by atoms with Crippen molar-refractivity contribution in [1.29, 1.82) is 0 Å². The van der Waals surface area contributed by atoms with Crippen LogP contribution in [0.15, 0.2) is 24.4 Å². The highest BCUT2D eigenvalue weighted by molar-refractivity contribution is 5.54. The summed E-state index contributed by atoms with van der Waals surface area (Å²) < 4.78 is 2.07. The highest BCUT2D eigenvalue weighted by atomic mass is 15.2. The largest absolute Gasteiger partial charge is 0.237 e. The minimum atomic E-state index is 0.174. The summed E-state index contributed by atoms with van der Waals surface area (Å²) in [5, 5.41) is 4.45. The van der Waals surface area contributed by atoms with E-state index in [1.54, 1.807) is 0 Å². The van der Waals surface area contributed by atoms with Crippen molar-refractivity contribution in [2.24, 2.45) is 0 Å². The lowest BCUT2D eigenvalue weighted by molar-refractivity contribution is 0.570. The SMILES string of the molecule is CC(C)c1c(C(C)(C)C)cc2cccnn12. The lowest BCUT2D eigenvalue weighted by atomic mass is 9.84. The van der Waals surface area contributed by atoms with Crippen LogP contribution in [0.4, 0.5) is 0 Å². The maximum absolute atomic E-state index is 4.45. The summed E-state index contributed by atoms with van der Waals surface area (Å²) >= 11 is 0. The molecule has 0 fully saturated rings. The molecule has 2 aromatic heterocycles. The van der Waals surface area contributed by atoms with Crippen LogP contribution in [-0.2, 0) is 5.41 Å². The fraction of sp³-hybridized carbons (Fsp3) is 0.500. The molecule has 0 aliphatic rings. The van der Waals surface area contributed by atoms with Crippen LogP contribution in [0.2, 0.25) is 0 Å². The Balaban J connectivity index is 2.78. The van der Waals surface area contributed by atoms with Crippen LogP contribution >= 0.6 is 0 Å². The van der Waals surface area contributed by atoms with Gasteiger partial charge in [0.15, 0.2) is 0 Å². The van der Waals surface area contributed by atoms with Gasteiger partial charge in [-0.15, -0.1) is 0 Å². The first-order chi connectivity index (χ1) is 7.41. The van der Waals surface area contributed by atoms with Gasteiger partial charge in [-0.05, 0) is 35.1 Å². The summed E-state index contributed by atoms with van der Waals surface area (Å²) in [4.78, 5) is 0. The number of hydrogen-bond donors (Lipinski definition) is 0. The smallest absolute Gasteiger partial charge is 0.0653 e. The minimum absolute atomic E-state index is 0.174. The monoisotopic (exact) mass is 216 g/mol.